The van der Waals surface area contributed by atoms with E-state index < -0.39 is 35.7 Å². The van der Waals surface area contributed by atoms with Crippen LogP contribution in [-0.4, -0.2) is 45.9 Å². The maximum Gasteiger partial charge on any atom is 0.408 e. The van der Waals surface area contributed by atoms with Gasteiger partial charge in [-0.1, -0.05) is 44.2 Å². The summed E-state index contributed by atoms with van der Waals surface area (Å²) in [5.74, 6) is -2.28. The lowest BCUT2D eigenvalue weighted by Crippen LogP contribution is -2.56. The zero-order chi connectivity index (χ0) is 18.6. The summed E-state index contributed by atoms with van der Waals surface area (Å²) in [7, 11) is 0. The molecule has 4 N–H and O–H groups in total. The largest absolute Gasteiger partial charge is 0.479 e. The third-order valence-electron chi connectivity index (χ3n) is 4.09. The summed E-state index contributed by atoms with van der Waals surface area (Å²) in [5.41, 5.74) is -0.867. The zero-order valence-corrected chi connectivity index (χ0v) is 14.1. The van der Waals surface area contributed by atoms with Crippen molar-refractivity contribution >= 4 is 18.0 Å². The number of amides is 2. The van der Waals surface area contributed by atoms with Crippen molar-refractivity contribution in [2.75, 3.05) is 0 Å². The van der Waals surface area contributed by atoms with Crippen molar-refractivity contribution in [1.29, 1.82) is 0 Å². The Morgan fingerprint density at radius 2 is 1.88 bits per heavy atom. The number of carboxylic acids is 1. The van der Waals surface area contributed by atoms with Gasteiger partial charge in [0.25, 0.3) is 0 Å². The molecule has 1 aromatic carbocycles. The number of ether oxygens (including phenoxy) is 1. The highest BCUT2D eigenvalue weighted by Gasteiger charge is 2.62. The third kappa shape index (κ3) is 4.48. The summed E-state index contributed by atoms with van der Waals surface area (Å²) in [4.78, 5) is 35.5. The number of rotatable bonds is 7. The van der Waals surface area contributed by atoms with Gasteiger partial charge < -0.3 is 25.6 Å². The molecule has 1 aliphatic rings. The van der Waals surface area contributed by atoms with Crippen molar-refractivity contribution in [3.63, 3.8) is 0 Å². The molecule has 1 fully saturated rings. The number of carboxylic acid groups (broad SMARTS) is 1. The molecule has 25 heavy (non-hydrogen) atoms. The van der Waals surface area contributed by atoms with E-state index in [0.717, 1.165) is 5.56 Å². The van der Waals surface area contributed by atoms with Crippen LogP contribution in [0.5, 0.6) is 0 Å². The van der Waals surface area contributed by atoms with Gasteiger partial charge in [-0.05, 0) is 11.5 Å². The molecule has 2 amide bonds. The quantitative estimate of drug-likeness (QED) is 0.572. The lowest BCUT2D eigenvalue weighted by molar-refractivity contribution is -0.144. The topological polar surface area (TPSA) is 125 Å². The van der Waals surface area contributed by atoms with Crippen LogP contribution in [0.25, 0.3) is 0 Å². The summed E-state index contributed by atoms with van der Waals surface area (Å²) >= 11 is 0. The van der Waals surface area contributed by atoms with E-state index >= 15 is 0 Å². The fraction of sp³-hybridized carbons (Fsp3) is 0.471. The first-order valence-electron chi connectivity index (χ1n) is 7.97. The van der Waals surface area contributed by atoms with Crippen molar-refractivity contribution in [1.82, 2.24) is 10.6 Å². The van der Waals surface area contributed by atoms with Crippen LogP contribution in [-0.2, 0) is 20.9 Å². The van der Waals surface area contributed by atoms with E-state index in [-0.39, 0.29) is 18.9 Å². The van der Waals surface area contributed by atoms with Gasteiger partial charge in [-0.25, -0.2) is 9.59 Å². The molecule has 1 aliphatic carbocycles. The molecule has 0 radical (unpaired) electrons. The van der Waals surface area contributed by atoms with E-state index in [1.54, 1.807) is 26.0 Å². The number of hydrogen-bond acceptors (Lipinski definition) is 5. The predicted octanol–water partition coefficient (Wildman–Crippen LogP) is 0.642. The van der Waals surface area contributed by atoms with Gasteiger partial charge in [0, 0.05) is 6.42 Å². The molecule has 1 aromatic rings. The molecule has 0 saturated heterocycles. The monoisotopic (exact) mass is 350 g/mol. The van der Waals surface area contributed by atoms with Crippen LogP contribution in [0.1, 0.15) is 25.8 Å². The Kier molecular flexibility index (Phi) is 5.63. The number of benzene rings is 1. The molecule has 0 aromatic heterocycles. The number of alkyl carbamates (subject to hydrolysis) is 1. The number of aliphatic hydroxyl groups excluding tert-OH is 1. The fourth-order valence-corrected chi connectivity index (χ4v) is 2.39. The molecule has 8 heteroatoms. The van der Waals surface area contributed by atoms with E-state index in [4.69, 9.17) is 9.84 Å². The van der Waals surface area contributed by atoms with Gasteiger partial charge in [0.15, 0.2) is 5.54 Å². The first-order valence-corrected chi connectivity index (χ1v) is 7.97. The van der Waals surface area contributed by atoms with Crippen molar-refractivity contribution in [2.24, 2.45) is 5.92 Å². The Morgan fingerprint density at radius 3 is 2.36 bits per heavy atom. The van der Waals surface area contributed by atoms with E-state index in [1.807, 2.05) is 18.2 Å². The SMILES string of the molecule is CC(C)[C@H](NC(=O)OCc1ccccc1)C(=O)NC1(C(=O)O)CC1O. The number of carbonyl (C=O) groups is 3. The normalized spacial score (nSPS) is 22.8. The second-order valence-electron chi connectivity index (χ2n) is 6.41. The van der Waals surface area contributed by atoms with Crippen LogP contribution < -0.4 is 10.6 Å². The van der Waals surface area contributed by atoms with Crippen LogP contribution in [0.4, 0.5) is 4.79 Å². The highest BCUT2D eigenvalue weighted by atomic mass is 16.5. The summed E-state index contributed by atoms with van der Waals surface area (Å²) in [6, 6.07) is 8.08. The van der Waals surface area contributed by atoms with Crippen molar-refractivity contribution < 1.29 is 29.3 Å². The minimum atomic E-state index is -1.67. The van der Waals surface area contributed by atoms with Gasteiger partial charge in [0.1, 0.15) is 12.6 Å². The first-order chi connectivity index (χ1) is 11.8. The van der Waals surface area contributed by atoms with E-state index in [0.29, 0.717) is 0 Å². The second-order valence-corrected chi connectivity index (χ2v) is 6.41. The smallest absolute Gasteiger partial charge is 0.408 e. The molecule has 3 atom stereocenters. The van der Waals surface area contributed by atoms with Crippen molar-refractivity contribution in [3.05, 3.63) is 35.9 Å². The maximum atomic E-state index is 12.3. The van der Waals surface area contributed by atoms with Crippen LogP contribution in [0.3, 0.4) is 0 Å². The summed E-state index contributed by atoms with van der Waals surface area (Å²) in [5, 5.41) is 23.4. The minimum absolute atomic E-state index is 0.0525. The molecule has 0 spiro atoms. The Morgan fingerprint density at radius 1 is 1.28 bits per heavy atom. The van der Waals surface area contributed by atoms with Crippen LogP contribution in [0.2, 0.25) is 0 Å². The number of aliphatic hydroxyl groups is 1. The Labute approximate surface area is 145 Å². The van der Waals surface area contributed by atoms with Crippen molar-refractivity contribution in [3.8, 4) is 0 Å². The molecule has 136 valence electrons. The number of nitrogens with one attached hydrogen (secondary N) is 2. The van der Waals surface area contributed by atoms with Crippen LogP contribution in [0, 0.1) is 5.92 Å². The molecule has 1 saturated carbocycles. The molecule has 0 bridgehead atoms. The highest BCUT2D eigenvalue weighted by molar-refractivity contribution is 5.94. The Balaban J connectivity index is 1.92. The standard InChI is InChI=1S/C17H22N2O6/c1-10(2)13(14(21)19-17(15(22)23)8-12(17)20)18-16(24)25-9-11-6-4-3-5-7-11/h3-7,10,12-13,20H,8-9H2,1-2H3,(H,18,24)(H,19,21)(H,22,23)/t12?,13-,17?/m0/s1. The van der Waals surface area contributed by atoms with Gasteiger partial charge in [-0.3, -0.25) is 4.79 Å². The maximum absolute atomic E-state index is 12.3. The van der Waals surface area contributed by atoms with Gasteiger partial charge >= 0.3 is 12.1 Å². The molecule has 2 unspecified atom stereocenters. The fourth-order valence-electron chi connectivity index (χ4n) is 2.39. The number of carbonyl (C=O) groups excluding carboxylic acids is 2. The summed E-state index contributed by atoms with van der Waals surface area (Å²) in [6.07, 6.45) is -1.97. The van der Waals surface area contributed by atoms with E-state index in [9.17, 15) is 19.5 Å². The Hall–Kier alpha value is -2.61. The Bertz CT molecular complexity index is 648. The summed E-state index contributed by atoms with van der Waals surface area (Å²) < 4.78 is 5.08. The van der Waals surface area contributed by atoms with Crippen LogP contribution in [0.15, 0.2) is 30.3 Å². The predicted molar refractivity (Wildman–Crippen MR) is 87.5 cm³/mol. The first kappa shape index (κ1) is 18.7. The zero-order valence-electron chi connectivity index (χ0n) is 14.1. The van der Waals surface area contributed by atoms with Gasteiger partial charge in [0.05, 0.1) is 6.10 Å². The second kappa shape index (κ2) is 7.52. The van der Waals surface area contributed by atoms with E-state index in [2.05, 4.69) is 10.6 Å². The number of hydrogen-bond donors (Lipinski definition) is 4. The molecule has 2 rings (SSSR count). The summed E-state index contributed by atoms with van der Waals surface area (Å²) in [6.45, 7) is 3.47. The minimum Gasteiger partial charge on any atom is -0.479 e. The average molecular weight is 350 g/mol. The van der Waals surface area contributed by atoms with Gasteiger partial charge in [-0.2, -0.15) is 0 Å². The molecule has 0 aliphatic heterocycles. The molecular formula is C17H22N2O6. The third-order valence-corrected chi connectivity index (χ3v) is 4.09. The average Bonchev–Trinajstić information content (AvgIpc) is 3.22. The van der Waals surface area contributed by atoms with Gasteiger partial charge in [-0.15, -0.1) is 0 Å². The van der Waals surface area contributed by atoms with Gasteiger partial charge in [0.2, 0.25) is 5.91 Å². The highest BCUT2D eigenvalue weighted by Crippen LogP contribution is 2.36. The molecule has 0 heterocycles. The lowest BCUT2D eigenvalue weighted by atomic mass is 10.0. The molecule has 8 nitrogen and oxygen atoms in total. The van der Waals surface area contributed by atoms with Crippen molar-refractivity contribution in [2.45, 2.75) is 44.6 Å². The molecular weight excluding hydrogens is 328 g/mol. The number of aliphatic carboxylic acids is 1. The van der Waals surface area contributed by atoms with E-state index in [1.165, 1.54) is 0 Å². The lowest BCUT2D eigenvalue weighted by Gasteiger charge is -2.23. The van der Waals surface area contributed by atoms with Crippen LogP contribution >= 0.6 is 0 Å².